The number of rotatable bonds is 3. The molecule has 0 amide bonds. The van der Waals surface area contributed by atoms with E-state index < -0.39 is 5.60 Å². The van der Waals surface area contributed by atoms with Gasteiger partial charge in [-0.2, -0.15) is 0 Å². The molecule has 0 radical (unpaired) electrons. The molecule has 0 bridgehead atoms. The van der Waals surface area contributed by atoms with Gasteiger partial charge in [-0.15, -0.1) is 0 Å². The number of alkyl halides is 1. The van der Waals surface area contributed by atoms with E-state index in [4.69, 9.17) is 5.21 Å². The first-order valence-electron chi connectivity index (χ1n) is 11.4. The summed E-state index contributed by atoms with van der Waals surface area (Å²) in [6.07, 6.45) is 9.70. The van der Waals surface area contributed by atoms with Crippen LogP contribution in [0.15, 0.2) is 52.2 Å². The third-order valence-electron chi connectivity index (χ3n) is 8.82. The van der Waals surface area contributed by atoms with Crippen LogP contribution in [0.4, 0.5) is 0 Å². The van der Waals surface area contributed by atoms with Gasteiger partial charge in [0, 0.05) is 23.1 Å². The van der Waals surface area contributed by atoms with Crippen LogP contribution in [0.2, 0.25) is 0 Å². The number of aliphatic hydroxyl groups is 1. The van der Waals surface area contributed by atoms with Gasteiger partial charge in [-0.05, 0) is 78.7 Å². The van der Waals surface area contributed by atoms with Gasteiger partial charge in [0.25, 0.3) is 0 Å². The summed E-state index contributed by atoms with van der Waals surface area (Å²) in [6, 6.07) is 8.28. The van der Waals surface area contributed by atoms with E-state index in [0.717, 1.165) is 44.1 Å². The summed E-state index contributed by atoms with van der Waals surface area (Å²) in [4.78, 5) is 12.1. The molecule has 2 saturated carbocycles. The Labute approximate surface area is 192 Å². The monoisotopic (exact) mass is 483 g/mol. The van der Waals surface area contributed by atoms with Crippen molar-refractivity contribution in [3.63, 3.8) is 0 Å². The molecule has 0 aliphatic heterocycles. The van der Waals surface area contributed by atoms with Gasteiger partial charge in [-0.1, -0.05) is 57.8 Å². The number of carbonyl (C=O) groups excluding carboxylic acids is 1. The maximum Gasteiger partial charge on any atom is 0.156 e. The molecule has 4 nitrogen and oxygen atoms in total. The van der Waals surface area contributed by atoms with Crippen LogP contribution in [0.5, 0.6) is 0 Å². The summed E-state index contributed by atoms with van der Waals surface area (Å²) in [5.74, 6) is 1.45. The second-order valence-electron chi connectivity index (χ2n) is 10.1. The molecule has 4 aliphatic carbocycles. The van der Waals surface area contributed by atoms with Crippen molar-refractivity contribution in [3.8, 4) is 0 Å². The number of fused-ring (bicyclic) bond motifs is 4. The fraction of sp³-hybridized carbons (Fsp3) is 0.538. The molecule has 5 rings (SSSR count). The predicted molar refractivity (Wildman–Crippen MR) is 125 cm³/mol. The molecule has 0 saturated heterocycles. The quantitative estimate of drug-likeness (QED) is 0.257. The van der Waals surface area contributed by atoms with Crippen LogP contribution in [0.3, 0.4) is 0 Å². The van der Waals surface area contributed by atoms with Gasteiger partial charge in [-0.25, -0.2) is 0 Å². The van der Waals surface area contributed by atoms with E-state index in [1.165, 1.54) is 28.5 Å². The molecule has 5 heteroatoms. The molecule has 2 unspecified atom stereocenters. The van der Waals surface area contributed by atoms with Gasteiger partial charge in [0.05, 0.1) is 11.8 Å². The normalized spacial score (nSPS) is 37.5. The van der Waals surface area contributed by atoms with Gasteiger partial charge in [-0.3, -0.25) is 4.79 Å². The lowest BCUT2D eigenvalue weighted by molar-refractivity contribution is -0.114. The van der Waals surface area contributed by atoms with Crippen molar-refractivity contribution in [1.82, 2.24) is 0 Å². The maximum absolute atomic E-state index is 12.1. The third kappa shape index (κ3) is 3.19. The van der Waals surface area contributed by atoms with Crippen molar-refractivity contribution in [3.05, 3.63) is 58.2 Å². The van der Waals surface area contributed by atoms with Crippen molar-refractivity contribution < 1.29 is 15.1 Å². The molecule has 5 atom stereocenters. The Morgan fingerprint density at radius 3 is 2.68 bits per heavy atom. The Hall–Kier alpha value is -1.72. The van der Waals surface area contributed by atoms with Gasteiger partial charge in [0.2, 0.25) is 0 Å². The lowest BCUT2D eigenvalue weighted by Gasteiger charge is -2.54. The van der Waals surface area contributed by atoms with Crippen LogP contribution in [0.25, 0.3) is 0 Å². The Bertz CT molecular complexity index is 994. The smallest absolute Gasteiger partial charge is 0.156 e. The number of nitrogens with zero attached hydrogens (tertiary/aromatic N) is 1. The van der Waals surface area contributed by atoms with E-state index in [2.05, 4.69) is 40.1 Å². The first kappa shape index (κ1) is 21.1. The van der Waals surface area contributed by atoms with Gasteiger partial charge in [0.1, 0.15) is 0 Å². The Morgan fingerprint density at radius 1 is 1.19 bits per heavy atom. The minimum atomic E-state index is -0.686. The summed E-state index contributed by atoms with van der Waals surface area (Å²) >= 11 is 3.64. The number of halogens is 1. The first-order chi connectivity index (χ1) is 14.9. The highest BCUT2D eigenvalue weighted by molar-refractivity contribution is 9.09. The first-order valence-corrected chi connectivity index (χ1v) is 12.5. The van der Waals surface area contributed by atoms with Crippen molar-refractivity contribution in [1.29, 1.82) is 0 Å². The van der Waals surface area contributed by atoms with Gasteiger partial charge >= 0.3 is 0 Å². The Kier molecular flexibility index (Phi) is 5.25. The number of allylic oxidation sites excluding steroid dienone is 4. The van der Waals surface area contributed by atoms with E-state index in [0.29, 0.717) is 23.6 Å². The number of benzene rings is 1. The molecule has 4 aliphatic rings. The Balaban J connectivity index is 1.66. The number of hydrogen-bond donors (Lipinski definition) is 2. The van der Waals surface area contributed by atoms with Crippen molar-refractivity contribution >= 4 is 27.9 Å². The minimum absolute atomic E-state index is 0.146. The highest BCUT2D eigenvalue weighted by Gasteiger charge is 2.62. The molecule has 2 N–H and O–H groups in total. The Morgan fingerprint density at radius 2 is 1.97 bits per heavy atom. The molecular formula is C26H30BrNO3. The van der Waals surface area contributed by atoms with Crippen LogP contribution in [-0.2, 0) is 4.79 Å². The molecule has 0 aromatic heterocycles. The van der Waals surface area contributed by atoms with E-state index >= 15 is 0 Å². The maximum atomic E-state index is 12.1. The molecule has 164 valence electrons. The van der Waals surface area contributed by atoms with E-state index in [-0.39, 0.29) is 17.1 Å². The van der Waals surface area contributed by atoms with Crippen LogP contribution >= 0.6 is 15.9 Å². The number of ketones is 1. The number of oxime groups is 1. The lowest BCUT2D eigenvalue weighted by atomic mass is 9.51. The third-order valence-corrected chi connectivity index (χ3v) is 9.75. The molecule has 0 heterocycles. The molecule has 31 heavy (non-hydrogen) atoms. The topological polar surface area (TPSA) is 69.9 Å². The van der Waals surface area contributed by atoms with E-state index in [1.54, 1.807) is 0 Å². The summed E-state index contributed by atoms with van der Waals surface area (Å²) in [6.45, 7) is 2.31. The molecule has 1 aromatic rings. The highest BCUT2D eigenvalue weighted by Crippen LogP contribution is 2.66. The lowest BCUT2D eigenvalue weighted by Crippen LogP contribution is -2.52. The SMILES string of the molecule is C[C@]12C[C@H](c3ccc(/C=N/O)cc3)C3=C4CCC(=O)C=C4CCC3C1CC[C@@]2(O)CBr. The summed E-state index contributed by atoms with van der Waals surface area (Å²) in [7, 11) is 0. The zero-order chi connectivity index (χ0) is 21.8. The predicted octanol–water partition coefficient (Wildman–Crippen LogP) is 5.52. The van der Waals surface area contributed by atoms with E-state index in [1.807, 2.05) is 18.2 Å². The van der Waals surface area contributed by atoms with Crippen molar-refractivity contribution in [2.24, 2.45) is 22.4 Å². The largest absolute Gasteiger partial charge is 0.411 e. The summed E-state index contributed by atoms with van der Waals surface area (Å²) in [5.41, 5.74) is 5.51. The van der Waals surface area contributed by atoms with Crippen molar-refractivity contribution in [2.75, 3.05) is 5.33 Å². The van der Waals surface area contributed by atoms with Gasteiger partial charge in [0.15, 0.2) is 5.78 Å². The fourth-order valence-corrected chi connectivity index (χ4v) is 8.07. The highest BCUT2D eigenvalue weighted by atomic mass is 79.9. The zero-order valence-corrected chi connectivity index (χ0v) is 19.6. The van der Waals surface area contributed by atoms with Crippen LogP contribution in [0.1, 0.15) is 68.9 Å². The van der Waals surface area contributed by atoms with Crippen molar-refractivity contribution in [2.45, 2.75) is 63.4 Å². The number of hydrogen-bond acceptors (Lipinski definition) is 4. The fourth-order valence-electron chi connectivity index (χ4n) is 7.15. The molecular weight excluding hydrogens is 454 g/mol. The van der Waals surface area contributed by atoms with Crippen LogP contribution in [0, 0.1) is 17.3 Å². The molecule has 2 fully saturated rings. The molecule has 1 aromatic carbocycles. The molecule has 0 spiro atoms. The second kappa shape index (κ2) is 7.70. The summed E-state index contributed by atoms with van der Waals surface area (Å²) < 4.78 is 0. The minimum Gasteiger partial charge on any atom is -0.411 e. The summed E-state index contributed by atoms with van der Waals surface area (Å²) in [5, 5.41) is 24.2. The second-order valence-corrected chi connectivity index (χ2v) is 10.7. The van der Waals surface area contributed by atoms with Crippen LogP contribution < -0.4 is 0 Å². The average molecular weight is 484 g/mol. The zero-order valence-electron chi connectivity index (χ0n) is 18.0. The van der Waals surface area contributed by atoms with E-state index in [9.17, 15) is 9.90 Å². The average Bonchev–Trinajstić information content (AvgIpc) is 3.04. The number of carbonyl (C=O) groups is 1. The van der Waals surface area contributed by atoms with Gasteiger partial charge < -0.3 is 10.3 Å². The van der Waals surface area contributed by atoms with Crippen LogP contribution in [-0.4, -0.2) is 33.2 Å². The standard InChI is InChI=1S/C26H30BrNO3/c1-25-13-22(17-4-2-16(3-5-17)14-28-31)24-20-9-7-19(29)12-18(20)6-8-21(24)23(25)10-11-26(25,30)15-27/h2-5,12,14,21-23,30-31H,6-11,13,15H2,1H3/b28-14+/t21?,22-,23?,25+,26-/m1/s1.